The second kappa shape index (κ2) is 10.8. The molecular formula is C24H31N3O5S. The maximum Gasteiger partial charge on any atom is 0.242 e. The number of nitrogens with zero attached hydrogens (tertiary/aromatic N) is 1. The summed E-state index contributed by atoms with van der Waals surface area (Å²) in [7, 11) is -0.369. The van der Waals surface area contributed by atoms with E-state index in [2.05, 4.69) is 10.0 Å². The van der Waals surface area contributed by atoms with Crippen molar-refractivity contribution in [3.63, 3.8) is 0 Å². The molecule has 1 aliphatic rings. The number of methoxy groups -OCH3 is 1. The first-order valence-electron chi connectivity index (χ1n) is 11.0. The van der Waals surface area contributed by atoms with E-state index >= 15 is 0 Å². The van der Waals surface area contributed by atoms with E-state index in [9.17, 15) is 18.0 Å². The summed E-state index contributed by atoms with van der Waals surface area (Å²) in [6.45, 7) is 1.99. The van der Waals surface area contributed by atoms with Crippen molar-refractivity contribution in [1.29, 1.82) is 0 Å². The molecule has 9 heteroatoms. The van der Waals surface area contributed by atoms with Crippen LogP contribution in [0, 0.1) is 0 Å². The fraction of sp³-hybridized carbons (Fsp3) is 0.417. The molecule has 2 aromatic rings. The van der Waals surface area contributed by atoms with E-state index in [0.29, 0.717) is 18.7 Å². The van der Waals surface area contributed by atoms with Gasteiger partial charge in [-0.25, -0.2) is 13.1 Å². The minimum atomic E-state index is -3.50. The first-order chi connectivity index (χ1) is 15.7. The van der Waals surface area contributed by atoms with Crippen LogP contribution in [-0.4, -0.2) is 51.4 Å². The molecular weight excluding hydrogens is 442 g/mol. The first-order valence-corrected chi connectivity index (χ1v) is 12.5. The van der Waals surface area contributed by atoms with Crippen molar-refractivity contribution in [1.82, 2.24) is 14.9 Å². The van der Waals surface area contributed by atoms with E-state index in [4.69, 9.17) is 4.74 Å². The maximum atomic E-state index is 13.1. The highest BCUT2D eigenvalue weighted by Gasteiger charge is 2.28. The highest BCUT2D eigenvalue weighted by atomic mass is 32.2. The molecule has 33 heavy (non-hydrogen) atoms. The number of hydrogen-bond acceptors (Lipinski definition) is 5. The molecule has 0 bridgehead atoms. The molecule has 2 aromatic carbocycles. The third kappa shape index (κ3) is 6.79. The van der Waals surface area contributed by atoms with Gasteiger partial charge in [-0.1, -0.05) is 24.3 Å². The molecule has 0 aliphatic heterocycles. The quantitative estimate of drug-likeness (QED) is 0.521. The summed E-state index contributed by atoms with van der Waals surface area (Å²) in [4.78, 5) is 27.1. The number of aryl methyl sites for hydroxylation is 1. The van der Waals surface area contributed by atoms with Gasteiger partial charge in [0.1, 0.15) is 11.8 Å². The van der Waals surface area contributed by atoms with Gasteiger partial charge in [-0.3, -0.25) is 9.59 Å². The molecule has 1 saturated carbocycles. The lowest BCUT2D eigenvalue weighted by Crippen LogP contribution is -2.46. The van der Waals surface area contributed by atoms with Gasteiger partial charge in [0.25, 0.3) is 0 Å². The van der Waals surface area contributed by atoms with Crippen molar-refractivity contribution < 1.29 is 22.7 Å². The Balaban J connectivity index is 1.66. The Kier molecular flexibility index (Phi) is 8.10. The van der Waals surface area contributed by atoms with Crippen LogP contribution in [0.4, 0.5) is 0 Å². The van der Waals surface area contributed by atoms with Crippen LogP contribution in [0.1, 0.15) is 37.3 Å². The highest BCUT2D eigenvalue weighted by Crippen LogP contribution is 2.22. The van der Waals surface area contributed by atoms with Gasteiger partial charge in [0.2, 0.25) is 21.8 Å². The lowest BCUT2D eigenvalue weighted by molar-refractivity contribution is -0.140. The lowest BCUT2D eigenvalue weighted by atomic mass is 10.1. The molecule has 2 amide bonds. The molecule has 1 fully saturated rings. The topological polar surface area (TPSA) is 105 Å². The number of carbonyl (C=O) groups is 2. The van der Waals surface area contributed by atoms with E-state index in [1.165, 1.54) is 0 Å². The van der Waals surface area contributed by atoms with Crippen LogP contribution in [0.3, 0.4) is 0 Å². The average molecular weight is 474 g/mol. The molecule has 0 unspecified atom stereocenters. The third-order valence-corrected chi connectivity index (χ3v) is 7.22. The van der Waals surface area contributed by atoms with Crippen molar-refractivity contribution in [3.8, 4) is 5.75 Å². The molecule has 0 heterocycles. The van der Waals surface area contributed by atoms with Crippen molar-refractivity contribution in [3.05, 3.63) is 59.7 Å². The fourth-order valence-corrected chi connectivity index (χ4v) is 4.74. The molecule has 2 N–H and O–H groups in total. The number of carbonyl (C=O) groups excluding carboxylic acids is 2. The number of hydrogen-bond donors (Lipinski definition) is 2. The summed E-state index contributed by atoms with van der Waals surface area (Å²) < 4.78 is 32.5. The Bertz CT molecular complexity index is 1060. The summed E-state index contributed by atoms with van der Waals surface area (Å²) >= 11 is 0. The minimum Gasteiger partial charge on any atom is -0.497 e. The van der Waals surface area contributed by atoms with Crippen LogP contribution in [0.5, 0.6) is 5.75 Å². The second-order valence-corrected chi connectivity index (χ2v) is 9.91. The van der Waals surface area contributed by atoms with Crippen LogP contribution < -0.4 is 14.8 Å². The number of nitrogens with one attached hydrogen (secondary N) is 2. The van der Waals surface area contributed by atoms with Crippen LogP contribution >= 0.6 is 0 Å². The van der Waals surface area contributed by atoms with Crippen molar-refractivity contribution in [2.24, 2.45) is 0 Å². The van der Waals surface area contributed by atoms with Gasteiger partial charge >= 0.3 is 0 Å². The Labute approximate surface area is 195 Å². The molecule has 3 rings (SSSR count). The first kappa shape index (κ1) is 24.7. The highest BCUT2D eigenvalue weighted by molar-refractivity contribution is 7.89. The zero-order chi connectivity index (χ0) is 24.0. The number of sulfonamides is 1. The Morgan fingerprint density at radius 3 is 2.21 bits per heavy atom. The molecule has 1 atom stereocenters. The number of likely N-dealkylation sites (N-methyl/N-ethyl adjacent to an activating group) is 1. The summed E-state index contributed by atoms with van der Waals surface area (Å²) in [5.41, 5.74) is 1.74. The average Bonchev–Trinajstić information content (AvgIpc) is 3.64. The number of ether oxygens (including phenoxy) is 1. The largest absolute Gasteiger partial charge is 0.497 e. The van der Waals surface area contributed by atoms with Crippen molar-refractivity contribution in [2.45, 2.75) is 56.1 Å². The van der Waals surface area contributed by atoms with Crippen molar-refractivity contribution >= 4 is 21.8 Å². The predicted octanol–water partition coefficient (Wildman–Crippen LogP) is 2.23. The third-order valence-electron chi connectivity index (χ3n) is 5.69. The van der Waals surface area contributed by atoms with Crippen LogP contribution in [-0.2, 0) is 32.6 Å². The van der Waals surface area contributed by atoms with E-state index in [0.717, 1.165) is 24.0 Å². The normalized spacial score (nSPS) is 14.4. The van der Waals surface area contributed by atoms with Gasteiger partial charge in [-0.2, -0.15) is 0 Å². The number of benzene rings is 2. The summed E-state index contributed by atoms with van der Waals surface area (Å²) in [5.74, 6) is 0.317. The van der Waals surface area contributed by atoms with Crippen LogP contribution in [0.2, 0.25) is 0 Å². The maximum absolute atomic E-state index is 13.1. The molecule has 8 nitrogen and oxygen atoms in total. The second-order valence-electron chi connectivity index (χ2n) is 8.20. The summed E-state index contributed by atoms with van der Waals surface area (Å²) in [5, 5.41) is 2.60. The van der Waals surface area contributed by atoms with E-state index in [1.54, 1.807) is 50.2 Å². The molecule has 0 spiro atoms. The van der Waals surface area contributed by atoms with Crippen LogP contribution in [0.25, 0.3) is 0 Å². The summed E-state index contributed by atoms with van der Waals surface area (Å²) in [6, 6.07) is 13.4. The van der Waals surface area contributed by atoms with E-state index in [-0.39, 0.29) is 29.2 Å². The standard InChI is InChI=1S/C24H31N3O5S/c1-17(24(29)25-2)27(16-19-4-11-21(32-3)12-5-19)23(28)15-8-18-6-13-22(14-7-18)33(30,31)26-20-9-10-20/h4-7,11-14,17,20,26H,8-10,15-16H2,1-3H3,(H,25,29)/t17-/m0/s1. The smallest absolute Gasteiger partial charge is 0.242 e. The van der Waals surface area contributed by atoms with Gasteiger partial charge in [-0.05, 0) is 61.6 Å². The molecule has 0 saturated heterocycles. The molecule has 1 aliphatic carbocycles. The van der Waals surface area contributed by atoms with Gasteiger partial charge in [0.05, 0.1) is 12.0 Å². The SMILES string of the molecule is CNC(=O)[C@H](C)N(Cc1ccc(OC)cc1)C(=O)CCc1ccc(S(=O)(=O)NC2CC2)cc1. The van der Waals surface area contributed by atoms with Gasteiger partial charge in [-0.15, -0.1) is 0 Å². The van der Waals surface area contributed by atoms with Crippen LogP contribution in [0.15, 0.2) is 53.4 Å². The Morgan fingerprint density at radius 1 is 1.06 bits per heavy atom. The Morgan fingerprint density at radius 2 is 1.67 bits per heavy atom. The van der Waals surface area contributed by atoms with Gasteiger partial charge < -0.3 is 15.0 Å². The van der Waals surface area contributed by atoms with E-state index in [1.807, 2.05) is 24.3 Å². The van der Waals surface area contributed by atoms with Gasteiger partial charge in [0, 0.05) is 26.1 Å². The lowest BCUT2D eigenvalue weighted by Gasteiger charge is -2.28. The minimum absolute atomic E-state index is 0.0475. The van der Waals surface area contributed by atoms with E-state index < -0.39 is 16.1 Å². The monoisotopic (exact) mass is 473 g/mol. The predicted molar refractivity (Wildman–Crippen MR) is 125 cm³/mol. The fourth-order valence-electron chi connectivity index (χ4n) is 3.44. The molecule has 0 radical (unpaired) electrons. The Hall–Kier alpha value is -2.91. The molecule has 0 aromatic heterocycles. The zero-order valence-electron chi connectivity index (χ0n) is 19.2. The van der Waals surface area contributed by atoms with Gasteiger partial charge in [0.15, 0.2) is 0 Å². The van der Waals surface area contributed by atoms with Crippen molar-refractivity contribution in [2.75, 3.05) is 14.2 Å². The summed E-state index contributed by atoms with van der Waals surface area (Å²) in [6.07, 6.45) is 2.39. The number of amides is 2. The zero-order valence-corrected chi connectivity index (χ0v) is 20.0. The molecule has 178 valence electrons. The number of rotatable bonds is 11.